The SMILES string of the molecule is N/N=C(\N)c1cc(-c2cccc(Cl)c2)ncn1. The summed E-state index contributed by atoms with van der Waals surface area (Å²) in [5.41, 5.74) is 7.66. The average Bonchev–Trinajstić information content (AvgIpc) is 2.38. The van der Waals surface area contributed by atoms with Crippen molar-refractivity contribution in [2.75, 3.05) is 0 Å². The molecule has 6 heteroatoms. The molecule has 0 unspecified atom stereocenters. The molecular formula is C11H10ClN5. The quantitative estimate of drug-likeness (QED) is 0.363. The van der Waals surface area contributed by atoms with E-state index in [1.807, 2.05) is 18.2 Å². The van der Waals surface area contributed by atoms with Gasteiger partial charge in [-0.3, -0.25) is 0 Å². The summed E-state index contributed by atoms with van der Waals surface area (Å²) in [4.78, 5) is 8.12. The monoisotopic (exact) mass is 247 g/mol. The molecule has 1 aromatic carbocycles. The highest BCUT2D eigenvalue weighted by molar-refractivity contribution is 6.30. The number of rotatable bonds is 2. The van der Waals surface area contributed by atoms with Gasteiger partial charge in [0.1, 0.15) is 12.0 Å². The fourth-order valence-corrected chi connectivity index (χ4v) is 1.56. The first-order chi connectivity index (χ1) is 8.20. The minimum absolute atomic E-state index is 0.163. The van der Waals surface area contributed by atoms with Gasteiger partial charge in [0, 0.05) is 10.6 Å². The van der Waals surface area contributed by atoms with Gasteiger partial charge >= 0.3 is 0 Å². The molecule has 0 bridgehead atoms. The average molecular weight is 248 g/mol. The third-order valence-electron chi connectivity index (χ3n) is 2.19. The molecule has 0 saturated heterocycles. The van der Waals surface area contributed by atoms with Crippen LogP contribution in [0.3, 0.4) is 0 Å². The van der Waals surface area contributed by atoms with Crippen molar-refractivity contribution in [1.29, 1.82) is 0 Å². The van der Waals surface area contributed by atoms with E-state index in [1.54, 1.807) is 12.1 Å². The first kappa shape index (κ1) is 11.3. The predicted octanol–water partition coefficient (Wildman–Crippen LogP) is 1.38. The molecule has 0 amide bonds. The molecule has 4 N–H and O–H groups in total. The molecule has 0 saturated carbocycles. The molecule has 5 nitrogen and oxygen atoms in total. The second-order valence-corrected chi connectivity index (χ2v) is 3.75. The van der Waals surface area contributed by atoms with Crippen LogP contribution < -0.4 is 11.6 Å². The van der Waals surface area contributed by atoms with Crippen LogP contribution in [0.5, 0.6) is 0 Å². The van der Waals surface area contributed by atoms with Crippen LogP contribution in [0.1, 0.15) is 5.69 Å². The zero-order valence-electron chi connectivity index (χ0n) is 8.84. The van der Waals surface area contributed by atoms with Crippen molar-refractivity contribution in [3.05, 3.63) is 47.4 Å². The zero-order valence-corrected chi connectivity index (χ0v) is 9.59. The van der Waals surface area contributed by atoms with Gasteiger partial charge < -0.3 is 11.6 Å². The highest BCUT2D eigenvalue weighted by Crippen LogP contribution is 2.20. The standard InChI is InChI=1S/C11H10ClN5/c12-8-3-1-2-7(4-8)9-5-10(11(13)17-14)16-6-15-9/h1-6H,14H2,(H2,13,17). The Morgan fingerprint density at radius 3 is 2.76 bits per heavy atom. The lowest BCUT2D eigenvalue weighted by atomic mass is 10.1. The molecular weight excluding hydrogens is 238 g/mol. The minimum atomic E-state index is 0.163. The smallest absolute Gasteiger partial charge is 0.169 e. The van der Waals surface area contributed by atoms with Crippen molar-refractivity contribution in [1.82, 2.24) is 9.97 Å². The summed E-state index contributed by atoms with van der Waals surface area (Å²) in [5.74, 6) is 5.26. The number of aromatic nitrogens is 2. The van der Waals surface area contributed by atoms with Crippen LogP contribution in [0.2, 0.25) is 5.02 Å². The Hall–Kier alpha value is -2.14. The predicted molar refractivity (Wildman–Crippen MR) is 67.4 cm³/mol. The van der Waals surface area contributed by atoms with Crippen LogP contribution >= 0.6 is 11.6 Å². The molecule has 2 aromatic rings. The number of hydrogen-bond acceptors (Lipinski definition) is 4. The summed E-state index contributed by atoms with van der Waals surface area (Å²) in [5, 5.41) is 4.03. The number of benzene rings is 1. The second-order valence-electron chi connectivity index (χ2n) is 3.31. The van der Waals surface area contributed by atoms with Gasteiger partial charge in [-0.25, -0.2) is 9.97 Å². The highest BCUT2D eigenvalue weighted by Gasteiger charge is 2.05. The fraction of sp³-hybridized carbons (Fsp3) is 0. The van der Waals surface area contributed by atoms with E-state index < -0.39 is 0 Å². The molecule has 0 aliphatic rings. The summed E-state index contributed by atoms with van der Waals surface area (Å²) in [6.07, 6.45) is 1.41. The number of nitrogens with zero attached hydrogens (tertiary/aromatic N) is 3. The topological polar surface area (TPSA) is 90.2 Å². The molecule has 17 heavy (non-hydrogen) atoms. The number of hydrogen-bond donors (Lipinski definition) is 2. The van der Waals surface area contributed by atoms with E-state index >= 15 is 0 Å². The maximum Gasteiger partial charge on any atom is 0.169 e. The van der Waals surface area contributed by atoms with Gasteiger partial charge in [0.05, 0.1) is 5.69 Å². The van der Waals surface area contributed by atoms with Gasteiger partial charge in [0.25, 0.3) is 0 Å². The summed E-state index contributed by atoms with van der Waals surface area (Å²) >= 11 is 5.91. The minimum Gasteiger partial charge on any atom is -0.380 e. The van der Waals surface area contributed by atoms with E-state index in [9.17, 15) is 0 Å². The van der Waals surface area contributed by atoms with Crippen LogP contribution in [0, 0.1) is 0 Å². The van der Waals surface area contributed by atoms with Crippen LogP contribution in [0.4, 0.5) is 0 Å². The molecule has 86 valence electrons. The molecule has 0 aliphatic heterocycles. The van der Waals surface area contributed by atoms with Gasteiger partial charge in [-0.2, -0.15) is 5.10 Å². The normalized spacial score (nSPS) is 11.5. The van der Waals surface area contributed by atoms with Gasteiger partial charge in [0.2, 0.25) is 0 Å². The lowest BCUT2D eigenvalue weighted by Crippen LogP contribution is -2.17. The van der Waals surface area contributed by atoms with Crippen LogP contribution in [0.15, 0.2) is 41.8 Å². The third kappa shape index (κ3) is 2.51. The summed E-state index contributed by atoms with van der Waals surface area (Å²) in [6.45, 7) is 0. The summed E-state index contributed by atoms with van der Waals surface area (Å²) in [7, 11) is 0. The maximum absolute atomic E-state index is 5.91. The Labute approximate surface area is 103 Å². The van der Waals surface area contributed by atoms with Crippen LogP contribution in [0.25, 0.3) is 11.3 Å². The molecule has 0 fully saturated rings. The molecule has 1 aromatic heterocycles. The Balaban J connectivity index is 2.47. The Kier molecular flexibility index (Phi) is 3.20. The maximum atomic E-state index is 5.91. The molecule has 1 heterocycles. The van der Waals surface area contributed by atoms with Crippen LogP contribution in [-0.4, -0.2) is 15.8 Å². The molecule has 2 rings (SSSR count). The van der Waals surface area contributed by atoms with Crippen molar-refractivity contribution in [2.24, 2.45) is 16.7 Å². The van der Waals surface area contributed by atoms with E-state index in [0.29, 0.717) is 16.4 Å². The second kappa shape index (κ2) is 4.80. The van der Waals surface area contributed by atoms with Crippen molar-refractivity contribution in [3.63, 3.8) is 0 Å². The Morgan fingerprint density at radius 1 is 1.24 bits per heavy atom. The number of amidine groups is 1. The largest absolute Gasteiger partial charge is 0.380 e. The Bertz CT molecular complexity index is 567. The fourth-order valence-electron chi connectivity index (χ4n) is 1.37. The molecule has 0 atom stereocenters. The van der Waals surface area contributed by atoms with Gasteiger partial charge in [-0.15, -0.1) is 0 Å². The number of nitrogens with two attached hydrogens (primary N) is 2. The Morgan fingerprint density at radius 2 is 2.06 bits per heavy atom. The zero-order chi connectivity index (χ0) is 12.3. The third-order valence-corrected chi connectivity index (χ3v) is 2.42. The number of hydrazone groups is 1. The van der Waals surface area contributed by atoms with Gasteiger partial charge in [-0.1, -0.05) is 23.7 Å². The van der Waals surface area contributed by atoms with E-state index in [-0.39, 0.29) is 5.84 Å². The van der Waals surface area contributed by atoms with Gasteiger partial charge in [-0.05, 0) is 18.2 Å². The first-order valence-corrected chi connectivity index (χ1v) is 5.20. The van der Waals surface area contributed by atoms with E-state index in [1.165, 1.54) is 6.33 Å². The lowest BCUT2D eigenvalue weighted by Gasteiger charge is -2.03. The number of halogens is 1. The van der Waals surface area contributed by atoms with E-state index in [2.05, 4.69) is 15.1 Å². The summed E-state index contributed by atoms with van der Waals surface area (Å²) in [6, 6.07) is 9.05. The van der Waals surface area contributed by atoms with Crippen LogP contribution in [-0.2, 0) is 0 Å². The van der Waals surface area contributed by atoms with E-state index in [4.69, 9.17) is 23.2 Å². The molecule has 0 spiro atoms. The lowest BCUT2D eigenvalue weighted by molar-refractivity contribution is 1.13. The molecule has 0 radical (unpaired) electrons. The first-order valence-electron chi connectivity index (χ1n) is 4.82. The van der Waals surface area contributed by atoms with E-state index in [0.717, 1.165) is 5.56 Å². The van der Waals surface area contributed by atoms with Crippen molar-refractivity contribution >= 4 is 17.4 Å². The van der Waals surface area contributed by atoms with Crippen molar-refractivity contribution in [2.45, 2.75) is 0 Å². The summed E-state index contributed by atoms with van der Waals surface area (Å²) < 4.78 is 0. The highest BCUT2D eigenvalue weighted by atomic mass is 35.5. The van der Waals surface area contributed by atoms with Gasteiger partial charge in [0.15, 0.2) is 5.84 Å². The van der Waals surface area contributed by atoms with Crippen molar-refractivity contribution < 1.29 is 0 Å². The molecule has 0 aliphatic carbocycles. The van der Waals surface area contributed by atoms with Crippen molar-refractivity contribution in [3.8, 4) is 11.3 Å².